The average Bonchev–Trinajstić information content (AvgIpc) is 2.47. The number of hydrogen-bond acceptors (Lipinski definition) is 1. The Morgan fingerprint density at radius 3 is 2.30 bits per heavy atom. The van der Waals surface area contributed by atoms with Crippen molar-refractivity contribution < 1.29 is 4.74 Å². The lowest BCUT2D eigenvalue weighted by molar-refractivity contribution is 0.224. The maximum absolute atomic E-state index is 5.17. The summed E-state index contributed by atoms with van der Waals surface area (Å²) in [5, 5.41) is 0. The third-order valence-electron chi connectivity index (χ3n) is 2.50. The topological polar surface area (TPSA) is 12.5 Å². The predicted molar refractivity (Wildman–Crippen MR) is 43.0 cm³/mol. The monoisotopic (exact) mass is 142 g/mol. The van der Waals surface area contributed by atoms with Gasteiger partial charge in [0.15, 0.2) is 0 Å². The lowest BCUT2D eigenvalue weighted by Gasteiger charge is -2.26. The first-order chi connectivity index (χ1) is 4.50. The summed E-state index contributed by atoms with van der Waals surface area (Å²) in [6.07, 6.45) is 1.83. The van der Waals surface area contributed by atoms with Crippen molar-refractivity contribution in [1.29, 1.82) is 0 Å². The minimum absolute atomic E-state index is 0.450. The van der Waals surface area contributed by atoms with Crippen LogP contribution in [0.1, 0.15) is 34.1 Å². The van der Waals surface area contributed by atoms with Gasteiger partial charge in [0, 0.05) is 0 Å². The second-order valence-corrected chi connectivity index (χ2v) is 4.46. The molecule has 0 radical (unpaired) electrons. The van der Waals surface area contributed by atoms with Gasteiger partial charge in [-0.1, -0.05) is 27.7 Å². The van der Waals surface area contributed by atoms with E-state index in [0.717, 1.165) is 12.5 Å². The van der Waals surface area contributed by atoms with Gasteiger partial charge in [0.2, 0.25) is 0 Å². The molecule has 1 saturated heterocycles. The van der Waals surface area contributed by atoms with Crippen LogP contribution in [0.3, 0.4) is 0 Å². The van der Waals surface area contributed by atoms with E-state index in [9.17, 15) is 0 Å². The molecule has 1 fully saturated rings. The molecule has 1 heterocycles. The molecule has 60 valence electrons. The largest absolute Gasteiger partial charge is 0.373 e. The molecule has 2 unspecified atom stereocenters. The highest BCUT2D eigenvalue weighted by molar-refractivity contribution is 4.78. The summed E-state index contributed by atoms with van der Waals surface area (Å²) in [7, 11) is 0. The fraction of sp³-hybridized carbons (Fsp3) is 1.00. The van der Waals surface area contributed by atoms with Crippen LogP contribution >= 0.6 is 0 Å². The van der Waals surface area contributed by atoms with E-state index >= 15 is 0 Å². The summed E-state index contributed by atoms with van der Waals surface area (Å²) in [4.78, 5) is 0. The summed E-state index contributed by atoms with van der Waals surface area (Å²) < 4.78 is 5.17. The Morgan fingerprint density at radius 2 is 2.00 bits per heavy atom. The van der Waals surface area contributed by atoms with Crippen LogP contribution in [-0.4, -0.2) is 12.7 Å². The van der Waals surface area contributed by atoms with Gasteiger partial charge in [-0.2, -0.15) is 0 Å². The van der Waals surface area contributed by atoms with Crippen LogP contribution in [0.4, 0.5) is 0 Å². The second kappa shape index (κ2) is 2.54. The van der Waals surface area contributed by atoms with Crippen molar-refractivity contribution in [3.05, 3.63) is 0 Å². The number of rotatable bonds is 2. The normalized spacial score (nSPS) is 28.2. The molecule has 2 atom stereocenters. The van der Waals surface area contributed by atoms with Crippen molar-refractivity contribution >= 4 is 0 Å². The van der Waals surface area contributed by atoms with Crippen LogP contribution in [0.5, 0.6) is 0 Å². The molecule has 0 aromatic carbocycles. The van der Waals surface area contributed by atoms with Gasteiger partial charge >= 0.3 is 0 Å². The zero-order chi connectivity index (χ0) is 7.78. The van der Waals surface area contributed by atoms with Crippen molar-refractivity contribution in [1.82, 2.24) is 0 Å². The zero-order valence-corrected chi connectivity index (χ0v) is 7.48. The van der Waals surface area contributed by atoms with E-state index in [4.69, 9.17) is 4.74 Å². The molecular formula is C9H18O. The highest BCUT2D eigenvalue weighted by Gasteiger charge is 2.29. The fourth-order valence-corrected chi connectivity index (χ4v) is 0.952. The first-order valence-corrected chi connectivity index (χ1v) is 4.12. The lowest BCUT2D eigenvalue weighted by Crippen LogP contribution is -2.18. The number of epoxide rings is 1. The molecule has 0 bridgehead atoms. The van der Waals surface area contributed by atoms with Gasteiger partial charge < -0.3 is 4.74 Å². The quantitative estimate of drug-likeness (QED) is 0.539. The fourth-order valence-electron chi connectivity index (χ4n) is 0.952. The van der Waals surface area contributed by atoms with Crippen LogP contribution in [0.15, 0.2) is 0 Å². The molecule has 0 saturated carbocycles. The van der Waals surface area contributed by atoms with Crippen LogP contribution in [-0.2, 0) is 4.74 Å². The maximum Gasteiger partial charge on any atom is 0.0812 e. The van der Waals surface area contributed by atoms with E-state index in [0.29, 0.717) is 11.5 Å². The molecule has 10 heavy (non-hydrogen) atoms. The minimum Gasteiger partial charge on any atom is -0.373 e. The molecule has 0 aliphatic carbocycles. The molecule has 0 spiro atoms. The zero-order valence-electron chi connectivity index (χ0n) is 7.48. The predicted octanol–water partition coefficient (Wildman–Crippen LogP) is 2.46. The first kappa shape index (κ1) is 8.06. The van der Waals surface area contributed by atoms with Gasteiger partial charge in [-0.05, 0) is 17.8 Å². The van der Waals surface area contributed by atoms with Crippen LogP contribution in [0.2, 0.25) is 0 Å². The van der Waals surface area contributed by atoms with E-state index in [1.165, 1.54) is 6.42 Å². The Kier molecular flexibility index (Phi) is 2.04. The summed E-state index contributed by atoms with van der Waals surface area (Å²) in [6, 6.07) is 0. The van der Waals surface area contributed by atoms with E-state index in [1.54, 1.807) is 0 Å². The SMILES string of the molecule is CC(CC1CO1)C(C)(C)C. The standard InChI is InChI=1S/C9H18O/c1-7(9(2,3)4)5-8-6-10-8/h7-8H,5-6H2,1-4H3. The summed E-state index contributed by atoms with van der Waals surface area (Å²) in [5.41, 5.74) is 0.450. The molecule has 0 amide bonds. The van der Waals surface area contributed by atoms with Crippen LogP contribution in [0, 0.1) is 11.3 Å². The average molecular weight is 142 g/mol. The smallest absolute Gasteiger partial charge is 0.0812 e. The van der Waals surface area contributed by atoms with Crippen molar-refractivity contribution in [2.45, 2.75) is 40.2 Å². The summed E-state index contributed by atoms with van der Waals surface area (Å²) in [5.74, 6) is 0.778. The summed E-state index contributed by atoms with van der Waals surface area (Å²) >= 11 is 0. The van der Waals surface area contributed by atoms with Crippen molar-refractivity contribution in [3.8, 4) is 0 Å². The third kappa shape index (κ3) is 2.30. The van der Waals surface area contributed by atoms with Gasteiger partial charge in [0.05, 0.1) is 12.7 Å². The van der Waals surface area contributed by atoms with Crippen LogP contribution < -0.4 is 0 Å². The highest BCUT2D eigenvalue weighted by Crippen LogP contribution is 2.32. The molecule has 1 nitrogen and oxygen atoms in total. The van der Waals surface area contributed by atoms with Gasteiger partial charge in [-0.25, -0.2) is 0 Å². The Balaban J connectivity index is 2.25. The van der Waals surface area contributed by atoms with Crippen molar-refractivity contribution in [2.75, 3.05) is 6.61 Å². The maximum atomic E-state index is 5.17. The third-order valence-corrected chi connectivity index (χ3v) is 2.50. The van der Waals surface area contributed by atoms with Gasteiger partial charge in [0.1, 0.15) is 0 Å². The van der Waals surface area contributed by atoms with Gasteiger partial charge in [0.25, 0.3) is 0 Å². The highest BCUT2D eigenvalue weighted by atomic mass is 16.6. The molecular weight excluding hydrogens is 124 g/mol. The van der Waals surface area contributed by atoms with Gasteiger partial charge in [-0.15, -0.1) is 0 Å². The number of hydrogen-bond donors (Lipinski definition) is 0. The lowest BCUT2D eigenvalue weighted by atomic mass is 9.79. The molecule has 1 aliphatic rings. The van der Waals surface area contributed by atoms with Crippen molar-refractivity contribution in [2.24, 2.45) is 11.3 Å². The van der Waals surface area contributed by atoms with E-state index in [-0.39, 0.29) is 0 Å². The molecule has 1 heteroatoms. The molecule has 0 aromatic rings. The van der Waals surface area contributed by atoms with Gasteiger partial charge in [-0.3, -0.25) is 0 Å². The summed E-state index contributed by atoms with van der Waals surface area (Å²) in [6.45, 7) is 10.2. The minimum atomic E-state index is 0.450. The van der Waals surface area contributed by atoms with Crippen molar-refractivity contribution in [3.63, 3.8) is 0 Å². The Labute approximate surface area is 63.8 Å². The number of ether oxygens (including phenoxy) is 1. The first-order valence-electron chi connectivity index (χ1n) is 4.12. The van der Waals surface area contributed by atoms with Crippen LogP contribution in [0.25, 0.3) is 0 Å². The Hall–Kier alpha value is -0.0400. The second-order valence-electron chi connectivity index (χ2n) is 4.46. The van der Waals surface area contributed by atoms with E-state index in [1.807, 2.05) is 0 Å². The van der Waals surface area contributed by atoms with E-state index in [2.05, 4.69) is 27.7 Å². The van der Waals surface area contributed by atoms with E-state index < -0.39 is 0 Å². The molecule has 1 aliphatic heterocycles. The molecule has 1 rings (SSSR count). The molecule has 0 aromatic heterocycles. The Morgan fingerprint density at radius 1 is 1.50 bits per heavy atom. The molecule has 0 N–H and O–H groups in total. The Bertz CT molecular complexity index is 108.